The average molecular weight is 241 g/mol. The Kier molecular flexibility index (Phi) is 3.91. The molecule has 0 spiro atoms. The Morgan fingerprint density at radius 1 is 1.47 bits per heavy atom. The summed E-state index contributed by atoms with van der Waals surface area (Å²) in [4.78, 5) is 6.58. The topological polar surface area (TPSA) is 41.6 Å². The first kappa shape index (κ1) is 10.8. The van der Waals surface area contributed by atoms with Gasteiger partial charge in [-0.2, -0.15) is 23.1 Å². The molecule has 1 aromatic heterocycles. The number of guanidine groups is 1. The van der Waals surface area contributed by atoms with Crippen LogP contribution in [-0.2, 0) is 6.54 Å². The highest BCUT2D eigenvalue weighted by molar-refractivity contribution is 7.99. The summed E-state index contributed by atoms with van der Waals surface area (Å²) in [6.07, 6.45) is 0. The van der Waals surface area contributed by atoms with E-state index in [2.05, 4.69) is 26.7 Å². The van der Waals surface area contributed by atoms with E-state index in [0.29, 0.717) is 12.5 Å². The third kappa shape index (κ3) is 3.14. The van der Waals surface area contributed by atoms with Crippen LogP contribution in [-0.4, -0.2) is 35.5 Å². The second-order valence-corrected chi connectivity index (χ2v) is 5.41. The molecule has 0 aromatic carbocycles. The van der Waals surface area contributed by atoms with Gasteiger partial charge in [-0.25, -0.2) is 4.99 Å². The minimum absolute atomic E-state index is 0.696. The highest BCUT2D eigenvalue weighted by Crippen LogP contribution is 2.10. The number of hydrogen-bond acceptors (Lipinski definition) is 3. The SMILES string of the molecule is NC(=NCc1ccsc1)N1CCSCC1. The fraction of sp³-hybridized carbons (Fsp3) is 0.500. The number of thioether (sulfide) groups is 1. The van der Waals surface area contributed by atoms with Gasteiger partial charge in [0.05, 0.1) is 6.54 Å². The first-order chi connectivity index (χ1) is 7.36. The Balaban J connectivity index is 1.88. The molecule has 0 radical (unpaired) electrons. The first-order valence-corrected chi connectivity index (χ1v) is 7.10. The molecule has 15 heavy (non-hydrogen) atoms. The van der Waals surface area contributed by atoms with Crippen molar-refractivity contribution in [3.05, 3.63) is 22.4 Å². The van der Waals surface area contributed by atoms with E-state index >= 15 is 0 Å². The Hall–Kier alpha value is -0.680. The number of rotatable bonds is 2. The summed E-state index contributed by atoms with van der Waals surface area (Å²) in [5.74, 6) is 3.02. The van der Waals surface area contributed by atoms with Crippen LogP contribution in [0.15, 0.2) is 21.8 Å². The fourth-order valence-corrected chi connectivity index (χ4v) is 3.01. The number of nitrogens with zero attached hydrogens (tertiary/aromatic N) is 2. The Morgan fingerprint density at radius 3 is 2.93 bits per heavy atom. The first-order valence-electron chi connectivity index (χ1n) is 5.00. The normalized spacial score (nSPS) is 18.1. The molecule has 0 saturated carbocycles. The third-order valence-electron chi connectivity index (χ3n) is 2.34. The quantitative estimate of drug-likeness (QED) is 0.632. The Labute approximate surface area is 98.4 Å². The molecular formula is C10H15N3S2. The summed E-state index contributed by atoms with van der Waals surface area (Å²) in [5, 5.41) is 4.18. The minimum atomic E-state index is 0.696. The monoisotopic (exact) mass is 241 g/mol. The van der Waals surface area contributed by atoms with Gasteiger partial charge >= 0.3 is 0 Å². The standard InChI is InChI=1S/C10H15N3S2/c11-10(13-2-5-14-6-3-13)12-7-9-1-4-15-8-9/h1,4,8H,2-3,5-7H2,(H2,11,12). The molecule has 2 heterocycles. The van der Waals surface area contributed by atoms with E-state index in [-0.39, 0.29) is 0 Å². The van der Waals surface area contributed by atoms with E-state index in [1.54, 1.807) is 11.3 Å². The van der Waals surface area contributed by atoms with Gasteiger partial charge in [-0.05, 0) is 22.4 Å². The average Bonchev–Trinajstić information content (AvgIpc) is 2.80. The molecule has 1 aliphatic heterocycles. The van der Waals surface area contributed by atoms with Crippen molar-refractivity contribution in [3.63, 3.8) is 0 Å². The van der Waals surface area contributed by atoms with Crippen LogP contribution >= 0.6 is 23.1 Å². The van der Waals surface area contributed by atoms with Crippen molar-refractivity contribution in [1.82, 2.24) is 4.90 Å². The fourth-order valence-electron chi connectivity index (χ4n) is 1.45. The predicted octanol–water partition coefficient (Wildman–Crippen LogP) is 1.61. The summed E-state index contributed by atoms with van der Waals surface area (Å²) >= 11 is 3.68. The van der Waals surface area contributed by atoms with E-state index in [0.717, 1.165) is 24.6 Å². The van der Waals surface area contributed by atoms with Crippen LogP contribution < -0.4 is 5.73 Å². The van der Waals surface area contributed by atoms with Crippen molar-refractivity contribution >= 4 is 29.1 Å². The van der Waals surface area contributed by atoms with Gasteiger partial charge in [0.25, 0.3) is 0 Å². The van der Waals surface area contributed by atoms with Gasteiger partial charge in [-0.3, -0.25) is 0 Å². The third-order valence-corrected chi connectivity index (χ3v) is 4.01. The van der Waals surface area contributed by atoms with Crippen LogP contribution in [0.2, 0.25) is 0 Å². The molecule has 0 aliphatic carbocycles. The molecule has 3 nitrogen and oxygen atoms in total. The molecule has 1 fully saturated rings. The molecule has 1 aliphatic rings. The molecule has 2 rings (SSSR count). The molecule has 0 atom stereocenters. The van der Waals surface area contributed by atoms with Crippen molar-refractivity contribution in [3.8, 4) is 0 Å². The maximum atomic E-state index is 5.94. The van der Waals surface area contributed by atoms with Gasteiger partial charge < -0.3 is 10.6 Å². The van der Waals surface area contributed by atoms with Crippen LogP contribution in [0.5, 0.6) is 0 Å². The zero-order valence-corrected chi connectivity index (χ0v) is 10.2. The lowest BCUT2D eigenvalue weighted by molar-refractivity contribution is 0.455. The number of thiophene rings is 1. The molecule has 2 N–H and O–H groups in total. The van der Waals surface area contributed by atoms with Gasteiger partial charge in [0, 0.05) is 24.6 Å². The molecular weight excluding hydrogens is 226 g/mol. The summed E-state index contributed by atoms with van der Waals surface area (Å²) in [6, 6.07) is 2.09. The predicted molar refractivity (Wildman–Crippen MR) is 68.5 cm³/mol. The van der Waals surface area contributed by atoms with E-state index in [1.165, 1.54) is 5.56 Å². The summed E-state index contributed by atoms with van der Waals surface area (Å²) in [5.41, 5.74) is 7.18. The van der Waals surface area contributed by atoms with Gasteiger partial charge in [-0.15, -0.1) is 0 Å². The molecule has 1 aromatic rings. The van der Waals surface area contributed by atoms with Gasteiger partial charge in [0.1, 0.15) is 0 Å². The minimum Gasteiger partial charge on any atom is -0.370 e. The van der Waals surface area contributed by atoms with Gasteiger partial charge in [0.15, 0.2) is 5.96 Å². The van der Waals surface area contributed by atoms with Crippen LogP contribution in [0, 0.1) is 0 Å². The number of nitrogens with two attached hydrogens (primary N) is 1. The summed E-state index contributed by atoms with van der Waals surface area (Å²) < 4.78 is 0. The molecule has 1 saturated heterocycles. The highest BCUT2D eigenvalue weighted by atomic mass is 32.2. The lowest BCUT2D eigenvalue weighted by atomic mass is 10.3. The Morgan fingerprint density at radius 2 is 2.27 bits per heavy atom. The van der Waals surface area contributed by atoms with Crippen molar-refractivity contribution in [2.24, 2.45) is 10.7 Å². The van der Waals surface area contributed by atoms with Crippen molar-refractivity contribution < 1.29 is 0 Å². The lowest BCUT2D eigenvalue weighted by Gasteiger charge is -2.27. The van der Waals surface area contributed by atoms with Crippen molar-refractivity contribution in [2.75, 3.05) is 24.6 Å². The lowest BCUT2D eigenvalue weighted by Crippen LogP contribution is -2.42. The molecule has 0 unspecified atom stereocenters. The van der Waals surface area contributed by atoms with E-state index in [9.17, 15) is 0 Å². The number of aliphatic imine (C=N–C) groups is 1. The van der Waals surface area contributed by atoms with Gasteiger partial charge in [0.2, 0.25) is 0 Å². The largest absolute Gasteiger partial charge is 0.370 e. The summed E-state index contributed by atoms with van der Waals surface area (Å²) in [7, 11) is 0. The zero-order chi connectivity index (χ0) is 10.5. The highest BCUT2D eigenvalue weighted by Gasteiger charge is 2.11. The van der Waals surface area contributed by atoms with E-state index in [1.807, 2.05) is 11.8 Å². The Bertz CT molecular complexity index is 315. The maximum Gasteiger partial charge on any atom is 0.191 e. The second kappa shape index (κ2) is 5.42. The molecule has 0 bridgehead atoms. The van der Waals surface area contributed by atoms with Crippen LogP contribution in [0.1, 0.15) is 5.56 Å². The van der Waals surface area contributed by atoms with Gasteiger partial charge in [-0.1, -0.05) is 0 Å². The molecule has 82 valence electrons. The van der Waals surface area contributed by atoms with Crippen molar-refractivity contribution in [2.45, 2.75) is 6.54 Å². The molecule has 5 heteroatoms. The smallest absolute Gasteiger partial charge is 0.191 e. The van der Waals surface area contributed by atoms with Crippen molar-refractivity contribution in [1.29, 1.82) is 0 Å². The van der Waals surface area contributed by atoms with E-state index in [4.69, 9.17) is 5.73 Å². The zero-order valence-electron chi connectivity index (χ0n) is 8.56. The van der Waals surface area contributed by atoms with E-state index < -0.39 is 0 Å². The van der Waals surface area contributed by atoms with Crippen LogP contribution in [0.25, 0.3) is 0 Å². The number of hydrogen-bond donors (Lipinski definition) is 1. The summed E-state index contributed by atoms with van der Waals surface area (Å²) in [6.45, 7) is 2.77. The van der Waals surface area contributed by atoms with Crippen LogP contribution in [0.3, 0.4) is 0 Å². The second-order valence-electron chi connectivity index (χ2n) is 3.41. The maximum absolute atomic E-state index is 5.94. The molecule has 0 amide bonds. The van der Waals surface area contributed by atoms with Crippen LogP contribution in [0.4, 0.5) is 0 Å².